The molecule has 0 saturated carbocycles. The lowest BCUT2D eigenvalue weighted by molar-refractivity contribution is -0.121. The highest BCUT2D eigenvalue weighted by Gasteiger charge is 2.14. The number of hydrogen-bond acceptors (Lipinski definition) is 4. The van der Waals surface area contributed by atoms with Crippen molar-refractivity contribution >= 4 is 5.91 Å². The van der Waals surface area contributed by atoms with E-state index in [0.29, 0.717) is 32.9 Å². The maximum absolute atomic E-state index is 10.7. The summed E-state index contributed by atoms with van der Waals surface area (Å²) >= 11 is 0. The van der Waals surface area contributed by atoms with Crippen molar-refractivity contribution in [2.75, 3.05) is 32.9 Å². The van der Waals surface area contributed by atoms with Crippen molar-refractivity contribution in [1.82, 2.24) is 5.32 Å². The molecule has 1 fully saturated rings. The van der Waals surface area contributed by atoms with E-state index < -0.39 is 0 Å². The van der Waals surface area contributed by atoms with E-state index in [0.717, 1.165) is 0 Å². The third-order valence-corrected chi connectivity index (χ3v) is 2.19. The lowest BCUT2D eigenvalue weighted by atomic mass is 10.1. The molecule has 1 aliphatic heterocycles. The number of ether oxygens (including phenoxy) is 2. The number of nitrogens with two attached hydrogens (primary N) is 1. The minimum Gasteiger partial charge on any atom is -0.376 e. The van der Waals surface area contributed by atoms with Crippen LogP contribution >= 0.6 is 0 Å². The summed E-state index contributed by atoms with van der Waals surface area (Å²) in [4.78, 5) is 10.7. The van der Waals surface area contributed by atoms with Gasteiger partial charge in [0.15, 0.2) is 0 Å². The molecule has 0 spiro atoms. The largest absolute Gasteiger partial charge is 0.376 e. The molecule has 0 radical (unpaired) electrons. The molecular formula is C9H18N2O3. The lowest BCUT2D eigenvalue weighted by Crippen LogP contribution is -2.40. The molecule has 1 rings (SSSR count). The second kappa shape index (κ2) is 5.95. The van der Waals surface area contributed by atoms with Gasteiger partial charge in [-0.3, -0.25) is 4.79 Å². The van der Waals surface area contributed by atoms with Gasteiger partial charge in [0.05, 0.1) is 25.9 Å². The first-order valence-corrected chi connectivity index (χ1v) is 4.89. The van der Waals surface area contributed by atoms with Crippen LogP contribution in [0.3, 0.4) is 0 Å². The maximum atomic E-state index is 10.7. The zero-order valence-electron chi connectivity index (χ0n) is 8.49. The average molecular weight is 202 g/mol. The molecule has 1 saturated heterocycles. The molecule has 5 nitrogen and oxygen atoms in total. The third kappa shape index (κ3) is 4.04. The molecule has 5 heteroatoms. The van der Waals surface area contributed by atoms with E-state index in [-0.39, 0.29) is 17.9 Å². The van der Waals surface area contributed by atoms with Crippen molar-refractivity contribution in [1.29, 1.82) is 0 Å². The fourth-order valence-electron chi connectivity index (χ4n) is 1.22. The summed E-state index contributed by atoms with van der Waals surface area (Å²) in [5.41, 5.74) is 5.12. The average Bonchev–Trinajstić information content (AvgIpc) is 2.19. The van der Waals surface area contributed by atoms with Crippen molar-refractivity contribution in [3.63, 3.8) is 0 Å². The van der Waals surface area contributed by atoms with Gasteiger partial charge in [-0.15, -0.1) is 0 Å². The molecule has 2 atom stereocenters. The van der Waals surface area contributed by atoms with E-state index in [1.165, 1.54) is 0 Å². The first kappa shape index (κ1) is 11.4. The van der Waals surface area contributed by atoms with Gasteiger partial charge in [-0.25, -0.2) is 0 Å². The van der Waals surface area contributed by atoms with Crippen LogP contribution < -0.4 is 11.1 Å². The predicted octanol–water partition coefficient (Wildman–Crippen LogP) is -0.887. The zero-order chi connectivity index (χ0) is 10.4. The fourth-order valence-corrected chi connectivity index (χ4v) is 1.22. The summed E-state index contributed by atoms with van der Waals surface area (Å²) in [6.45, 7) is 5.05. The number of carbonyl (C=O) groups is 1. The second-order valence-corrected chi connectivity index (χ2v) is 3.53. The number of primary amides is 1. The zero-order valence-corrected chi connectivity index (χ0v) is 8.49. The van der Waals surface area contributed by atoms with Gasteiger partial charge in [-0.1, -0.05) is 6.92 Å². The molecule has 3 N–H and O–H groups in total. The van der Waals surface area contributed by atoms with Crippen molar-refractivity contribution < 1.29 is 14.3 Å². The number of carbonyl (C=O) groups excluding carboxylic acids is 1. The maximum Gasteiger partial charge on any atom is 0.221 e. The third-order valence-electron chi connectivity index (χ3n) is 2.19. The highest BCUT2D eigenvalue weighted by atomic mass is 16.6. The Balaban J connectivity index is 2.05. The van der Waals surface area contributed by atoms with Crippen LogP contribution in [0.4, 0.5) is 0 Å². The van der Waals surface area contributed by atoms with Gasteiger partial charge < -0.3 is 20.5 Å². The van der Waals surface area contributed by atoms with Gasteiger partial charge in [0, 0.05) is 19.0 Å². The molecule has 1 heterocycles. The Morgan fingerprint density at radius 2 is 2.43 bits per heavy atom. The highest BCUT2D eigenvalue weighted by Crippen LogP contribution is 1.99. The van der Waals surface area contributed by atoms with E-state index in [4.69, 9.17) is 15.2 Å². The number of nitrogens with one attached hydrogen (secondary N) is 1. The molecule has 0 aromatic carbocycles. The molecule has 0 bridgehead atoms. The number of hydrogen-bond donors (Lipinski definition) is 2. The van der Waals surface area contributed by atoms with Crippen LogP contribution in [0.2, 0.25) is 0 Å². The molecule has 1 aliphatic rings. The first-order chi connectivity index (χ1) is 6.70. The van der Waals surface area contributed by atoms with Crippen LogP contribution in [0, 0.1) is 5.92 Å². The van der Waals surface area contributed by atoms with Gasteiger partial charge in [0.1, 0.15) is 0 Å². The monoisotopic (exact) mass is 202 g/mol. The normalized spacial score (nSPS) is 24.5. The molecule has 2 unspecified atom stereocenters. The van der Waals surface area contributed by atoms with Gasteiger partial charge >= 0.3 is 0 Å². The minimum atomic E-state index is -0.279. The highest BCUT2D eigenvalue weighted by molar-refractivity contribution is 5.76. The van der Waals surface area contributed by atoms with Crippen LogP contribution in [-0.2, 0) is 14.3 Å². The quantitative estimate of drug-likeness (QED) is 0.606. The van der Waals surface area contributed by atoms with Crippen molar-refractivity contribution in [3.05, 3.63) is 0 Å². The van der Waals surface area contributed by atoms with Gasteiger partial charge in [-0.05, 0) is 0 Å². The van der Waals surface area contributed by atoms with E-state index in [2.05, 4.69) is 5.32 Å². The van der Waals surface area contributed by atoms with E-state index in [1.807, 2.05) is 0 Å². The van der Waals surface area contributed by atoms with E-state index in [1.54, 1.807) is 6.92 Å². The molecule has 82 valence electrons. The van der Waals surface area contributed by atoms with E-state index in [9.17, 15) is 4.79 Å². The van der Waals surface area contributed by atoms with E-state index >= 15 is 0 Å². The Morgan fingerprint density at radius 1 is 1.64 bits per heavy atom. The molecule has 0 aromatic heterocycles. The van der Waals surface area contributed by atoms with Crippen molar-refractivity contribution in [3.8, 4) is 0 Å². The SMILES string of the molecule is CC(CNCC1COCCO1)C(N)=O. The number of rotatable bonds is 5. The van der Waals surface area contributed by atoms with Gasteiger partial charge in [0.2, 0.25) is 5.91 Å². The second-order valence-electron chi connectivity index (χ2n) is 3.53. The summed E-state index contributed by atoms with van der Waals surface area (Å²) < 4.78 is 10.6. The fraction of sp³-hybridized carbons (Fsp3) is 0.889. The summed E-state index contributed by atoms with van der Waals surface area (Å²) in [5, 5.41) is 3.13. The van der Waals surface area contributed by atoms with Crippen LogP contribution in [0.5, 0.6) is 0 Å². The van der Waals surface area contributed by atoms with Crippen LogP contribution in [-0.4, -0.2) is 44.9 Å². The Labute approximate surface area is 83.9 Å². The Bertz CT molecular complexity index is 181. The molecule has 14 heavy (non-hydrogen) atoms. The molecule has 0 aromatic rings. The summed E-state index contributed by atoms with van der Waals surface area (Å²) in [5.74, 6) is -0.419. The standard InChI is InChI=1S/C9H18N2O3/c1-7(9(10)12)4-11-5-8-6-13-2-3-14-8/h7-8,11H,2-6H2,1H3,(H2,10,12). The molecular weight excluding hydrogens is 184 g/mol. The van der Waals surface area contributed by atoms with Crippen LogP contribution in [0.15, 0.2) is 0 Å². The Hall–Kier alpha value is -0.650. The summed E-state index contributed by atoms with van der Waals surface area (Å²) in [7, 11) is 0. The predicted molar refractivity (Wildman–Crippen MR) is 51.8 cm³/mol. The van der Waals surface area contributed by atoms with Crippen molar-refractivity contribution in [2.24, 2.45) is 11.7 Å². The molecule has 0 aliphatic carbocycles. The lowest BCUT2D eigenvalue weighted by Gasteiger charge is -2.23. The minimum absolute atomic E-state index is 0.101. The topological polar surface area (TPSA) is 73.6 Å². The van der Waals surface area contributed by atoms with Crippen LogP contribution in [0.25, 0.3) is 0 Å². The smallest absolute Gasteiger partial charge is 0.221 e. The van der Waals surface area contributed by atoms with Gasteiger partial charge in [-0.2, -0.15) is 0 Å². The molecule has 1 amide bonds. The van der Waals surface area contributed by atoms with Crippen molar-refractivity contribution in [2.45, 2.75) is 13.0 Å². The van der Waals surface area contributed by atoms with Gasteiger partial charge in [0.25, 0.3) is 0 Å². The van der Waals surface area contributed by atoms with Crippen LogP contribution in [0.1, 0.15) is 6.92 Å². The first-order valence-electron chi connectivity index (χ1n) is 4.89. The number of amides is 1. The Morgan fingerprint density at radius 3 is 3.00 bits per heavy atom. The summed E-state index contributed by atoms with van der Waals surface area (Å²) in [6, 6.07) is 0. The Kier molecular flexibility index (Phi) is 4.86. The summed E-state index contributed by atoms with van der Waals surface area (Å²) in [6.07, 6.45) is 0.101.